The van der Waals surface area contributed by atoms with Crippen LogP contribution in [-0.4, -0.2) is 41.6 Å². The molecule has 1 aliphatic carbocycles. The molecule has 170 valence electrons. The zero-order valence-electron chi connectivity index (χ0n) is 17.9. The second-order valence-electron chi connectivity index (χ2n) is 8.55. The van der Waals surface area contributed by atoms with E-state index in [1.807, 2.05) is 6.92 Å². The molecular weight excluding hydrogens is 432 g/mol. The van der Waals surface area contributed by atoms with Gasteiger partial charge in [-0.05, 0) is 62.4 Å². The van der Waals surface area contributed by atoms with Crippen LogP contribution in [0.2, 0.25) is 0 Å². The molecule has 1 spiro atoms. The maximum absolute atomic E-state index is 13.6. The summed E-state index contributed by atoms with van der Waals surface area (Å²) >= 11 is 0. The number of carbonyl (C=O) groups is 1. The van der Waals surface area contributed by atoms with Gasteiger partial charge in [0.2, 0.25) is 10.0 Å². The van der Waals surface area contributed by atoms with Gasteiger partial charge in [0, 0.05) is 25.1 Å². The summed E-state index contributed by atoms with van der Waals surface area (Å²) < 4.78 is 34.5. The van der Waals surface area contributed by atoms with Crippen molar-refractivity contribution in [2.45, 2.75) is 62.2 Å². The molecule has 1 aliphatic heterocycles. The van der Waals surface area contributed by atoms with Crippen molar-refractivity contribution in [2.24, 2.45) is 0 Å². The third-order valence-corrected chi connectivity index (χ3v) is 8.43. The van der Waals surface area contributed by atoms with Crippen LogP contribution in [0.5, 0.6) is 0 Å². The van der Waals surface area contributed by atoms with Gasteiger partial charge in [0.05, 0.1) is 28.1 Å². The van der Waals surface area contributed by atoms with Crippen molar-refractivity contribution in [3.63, 3.8) is 0 Å². The highest BCUT2D eigenvalue weighted by Crippen LogP contribution is 2.43. The summed E-state index contributed by atoms with van der Waals surface area (Å²) in [5.74, 6) is -0.0120. The molecule has 8 nitrogen and oxygen atoms in total. The van der Waals surface area contributed by atoms with E-state index in [-0.39, 0.29) is 35.6 Å². The van der Waals surface area contributed by atoms with E-state index in [2.05, 4.69) is 0 Å². The molecule has 1 heterocycles. The summed E-state index contributed by atoms with van der Waals surface area (Å²) in [4.78, 5) is 23.4. The Kier molecular flexibility index (Phi) is 6.15. The van der Waals surface area contributed by atoms with Crippen molar-refractivity contribution in [1.82, 2.24) is 4.31 Å². The lowest BCUT2D eigenvalue weighted by molar-refractivity contribution is -0.384. The standard InChI is InChI=1S/C23H26N2O6S/c1-17-4-10-21(11-5-17)32(29,30)24-15-20(12-14-23(24)13-2-3-22(23)26)31-16-18-6-8-19(9-7-18)25(27)28/h4-11,20H,2-3,12-16H2,1H3/t20-,23?/m1/s1. The quantitative estimate of drug-likeness (QED) is 0.482. The van der Waals surface area contributed by atoms with E-state index in [4.69, 9.17) is 4.74 Å². The van der Waals surface area contributed by atoms with E-state index in [0.717, 1.165) is 11.1 Å². The van der Waals surface area contributed by atoms with Gasteiger partial charge >= 0.3 is 0 Å². The molecule has 2 aromatic rings. The Morgan fingerprint density at radius 3 is 2.41 bits per heavy atom. The topological polar surface area (TPSA) is 107 Å². The number of nitrogens with zero attached hydrogens (tertiary/aromatic N) is 2. The maximum atomic E-state index is 13.6. The van der Waals surface area contributed by atoms with Crippen LogP contribution in [0.4, 0.5) is 5.69 Å². The molecule has 2 fully saturated rings. The van der Waals surface area contributed by atoms with E-state index >= 15 is 0 Å². The first-order valence-electron chi connectivity index (χ1n) is 10.7. The Labute approximate surface area is 187 Å². The van der Waals surface area contributed by atoms with Crippen LogP contribution in [0.15, 0.2) is 53.4 Å². The monoisotopic (exact) mass is 458 g/mol. The van der Waals surface area contributed by atoms with Crippen LogP contribution >= 0.6 is 0 Å². The van der Waals surface area contributed by atoms with Crippen LogP contribution in [0.1, 0.15) is 43.2 Å². The molecule has 0 amide bonds. The lowest BCUT2D eigenvalue weighted by Gasteiger charge is -2.45. The van der Waals surface area contributed by atoms with Crippen molar-refractivity contribution in [3.8, 4) is 0 Å². The molecule has 9 heteroatoms. The minimum Gasteiger partial charge on any atom is -0.372 e. The molecule has 0 aromatic heterocycles. The van der Waals surface area contributed by atoms with Crippen molar-refractivity contribution < 1.29 is 22.9 Å². The fourth-order valence-electron chi connectivity index (χ4n) is 4.65. The molecule has 2 aliphatic rings. The smallest absolute Gasteiger partial charge is 0.269 e. The van der Waals surface area contributed by atoms with Gasteiger partial charge in [-0.2, -0.15) is 4.31 Å². The summed E-state index contributed by atoms with van der Waals surface area (Å²) in [5.41, 5.74) is 0.736. The average molecular weight is 459 g/mol. The largest absolute Gasteiger partial charge is 0.372 e. The van der Waals surface area contributed by atoms with E-state index < -0.39 is 20.5 Å². The second kappa shape index (κ2) is 8.73. The number of carbonyl (C=O) groups excluding carboxylic acids is 1. The van der Waals surface area contributed by atoms with Crippen molar-refractivity contribution in [2.75, 3.05) is 6.54 Å². The SMILES string of the molecule is Cc1ccc(S(=O)(=O)N2C[C@H](OCc3ccc([N+](=O)[O-])cc3)CCC23CCCC3=O)cc1. The number of nitro groups is 1. The number of non-ortho nitro benzene ring substituents is 1. The third kappa shape index (κ3) is 4.20. The highest BCUT2D eigenvalue weighted by Gasteiger charge is 2.54. The summed E-state index contributed by atoms with van der Waals surface area (Å²) in [6.45, 7) is 2.21. The Balaban J connectivity index is 1.55. The lowest BCUT2D eigenvalue weighted by atomic mass is 9.85. The van der Waals surface area contributed by atoms with Crippen LogP contribution in [0, 0.1) is 17.0 Å². The normalized spacial score (nSPS) is 24.2. The molecule has 1 saturated heterocycles. The first-order chi connectivity index (χ1) is 15.2. The fraction of sp³-hybridized carbons (Fsp3) is 0.435. The number of sulfonamides is 1. The first-order valence-corrected chi connectivity index (χ1v) is 12.1. The van der Waals surface area contributed by atoms with Crippen LogP contribution < -0.4 is 0 Å². The Bertz CT molecular complexity index is 1110. The number of ketones is 1. The van der Waals surface area contributed by atoms with Gasteiger partial charge in [-0.1, -0.05) is 17.7 Å². The predicted octanol–water partition coefficient (Wildman–Crippen LogP) is 3.76. The van der Waals surface area contributed by atoms with Gasteiger partial charge in [0.1, 0.15) is 0 Å². The zero-order valence-corrected chi connectivity index (χ0v) is 18.7. The highest BCUT2D eigenvalue weighted by molar-refractivity contribution is 7.89. The number of Topliss-reactive ketones (excluding diaryl/α,β-unsaturated/α-hetero) is 1. The molecule has 0 N–H and O–H groups in total. The molecular formula is C23H26N2O6S. The van der Waals surface area contributed by atoms with Gasteiger partial charge in [-0.3, -0.25) is 14.9 Å². The van der Waals surface area contributed by atoms with Crippen LogP contribution in [-0.2, 0) is 26.2 Å². The van der Waals surface area contributed by atoms with Crippen molar-refractivity contribution in [1.29, 1.82) is 0 Å². The van der Waals surface area contributed by atoms with E-state index in [9.17, 15) is 23.3 Å². The fourth-order valence-corrected chi connectivity index (χ4v) is 6.49. The molecule has 2 aromatic carbocycles. The maximum Gasteiger partial charge on any atom is 0.269 e. The first kappa shape index (κ1) is 22.6. The van der Waals surface area contributed by atoms with Gasteiger partial charge in [0.15, 0.2) is 5.78 Å². The lowest BCUT2D eigenvalue weighted by Crippen LogP contribution is -2.60. The number of ether oxygens (including phenoxy) is 1. The second-order valence-corrected chi connectivity index (χ2v) is 10.4. The summed E-state index contributed by atoms with van der Waals surface area (Å²) in [6.07, 6.45) is 2.26. The average Bonchev–Trinajstić information content (AvgIpc) is 3.14. The predicted molar refractivity (Wildman–Crippen MR) is 118 cm³/mol. The van der Waals surface area contributed by atoms with Gasteiger partial charge in [-0.15, -0.1) is 0 Å². The van der Waals surface area contributed by atoms with E-state index in [0.29, 0.717) is 32.1 Å². The van der Waals surface area contributed by atoms with Gasteiger partial charge < -0.3 is 4.74 Å². The number of hydrogen-bond donors (Lipinski definition) is 0. The van der Waals surface area contributed by atoms with Crippen molar-refractivity contribution >= 4 is 21.5 Å². The molecule has 4 rings (SSSR count). The minimum atomic E-state index is -3.88. The third-order valence-electron chi connectivity index (χ3n) is 6.48. The molecule has 1 saturated carbocycles. The summed E-state index contributed by atoms with van der Waals surface area (Å²) in [6, 6.07) is 12.8. The van der Waals surface area contributed by atoms with Crippen LogP contribution in [0.25, 0.3) is 0 Å². The van der Waals surface area contributed by atoms with Gasteiger partial charge in [0.25, 0.3) is 5.69 Å². The number of piperidine rings is 1. The Morgan fingerprint density at radius 2 is 1.81 bits per heavy atom. The van der Waals surface area contributed by atoms with Crippen molar-refractivity contribution in [3.05, 3.63) is 69.8 Å². The number of benzene rings is 2. The molecule has 2 atom stereocenters. The zero-order chi connectivity index (χ0) is 22.9. The number of nitro benzene ring substituents is 1. The molecule has 32 heavy (non-hydrogen) atoms. The summed E-state index contributed by atoms with van der Waals surface area (Å²) in [7, 11) is -3.88. The number of rotatable bonds is 6. The molecule has 0 radical (unpaired) electrons. The number of aryl methyl sites for hydroxylation is 1. The number of hydrogen-bond acceptors (Lipinski definition) is 6. The minimum absolute atomic E-state index is 0.00321. The molecule has 0 bridgehead atoms. The van der Waals surface area contributed by atoms with Gasteiger partial charge in [-0.25, -0.2) is 8.42 Å². The Morgan fingerprint density at radius 1 is 1.12 bits per heavy atom. The van der Waals surface area contributed by atoms with E-state index in [1.54, 1.807) is 36.4 Å². The summed E-state index contributed by atoms with van der Waals surface area (Å²) in [5, 5.41) is 10.8. The molecule has 1 unspecified atom stereocenters. The van der Waals surface area contributed by atoms with E-state index in [1.165, 1.54) is 16.4 Å². The highest BCUT2D eigenvalue weighted by atomic mass is 32.2. The van der Waals surface area contributed by atoms with Crippen LogP contribution in [0.3, 0.4) is 0 Å². The Hall–Kier alpha value is -2.62.